The molecular weight excluding hydrogens is 385 g/mol. The summed E-state index contributed by atoms with van der Waals surface area (Å²) < 4.78 is 50.0. The number of hydrogen-bond donors (Lipinski definition) is 0. The maximum absolute atomic E-state index is 14.9. The van der Waals surface area contributed by atoms with Crippen LogP contribution >= 0.6 is 0 Å². The molecule has 1 fully saturated rings. The van der Waals surface area contributed by atoms with E-state index in [1.165, 1.54) is 25.3 Å². The molecule has 0 aliphatic carbocycles. The number of unbranched alkanes of at least 4 members (excludes halogenated alkanes) is 3. The molecular formula is C26H33F3O. The fourth-order valence-electron chi connectivity index (χ4n) is 4.37. The first-order valence-corrected chi connectivity index (χ1v) is 11.4. The second kappa shape index (κ2) is 11.0. The molecule has 0 radical (unpaired) electrons. The van der Waals surface area contributed by atoms with Crippen molar-refractivity contribution in [2.75, 3.05) is 6.61 Å². The van der Waals surface area contributed by atoms with Crippen molar-refractivity contribution in [3.63, 3.8) is 0 Å². The number of rotatable bonds is 9. The Morgan fingerprint density at radius 2 is 1.73 bits per heavy atom. The summed E-state index contributed by atoms with van der Waals surface area (Å²) in [7, 11) is 0. The fraction of sp³-hybridized carbons (Fsp3) is 0.538. The summed E-state index contributed by atoms with van der Waals surface area (Å²) in [6.45, 7) is 4.60. The van der Waals surface area contributed by atoms with Crippen LogP contribution in [0.15, 0.2) is 30.3 Å². The quantitative estimate of drug-likeness (QED) is 0.375. The van der Waals surface area contributed by atoms with E-state index in [4.69, 9.17) is 4.74 Å². The summed E-state index contributed by atoms with van der Waals surface area (Å²) in [5.74, 6) is -2.25. The van der Waals surface area contributed by atoms with E-state index in [9.17, 15) is 13.2 Å². The van der Waals surface area contributed by atoms with Gasteiger partial charge in [-0.3, -0.25) is 0 Å². The van der Waals surface area contributed by atoms with Crippen molar-refractivity contribution in [2.45, 2.75) is 83.7 Å². The monoisotopic (exact) mass is 418 g/mol. The molecule has 0 N–H and O–H groups in total. The zero-order valence-electron chi connectivity index (χ0n) is 18.2. The molecule has 164 valence electrons. The SMILES string of the molecule is CCCCCCC1CCC(c2ccc(-c3ccc(CCC)c(F)c3)c(F)c2F)CO1. The number of hydrogen-bond acceptors (Lipinski definition) is 1. The van der Waals surface area contributed by atoms with Gasteiger partial charge in [0.1, 0.15) is 5.82 Å². The molecule has 2 aromatic rings. The lowest BCUT2D eigenvalue weighted by Crippen LogP contribution is -2.25. The van der Waals surface area contributed by atoms with Crippen LogP contribution in [0.4, 0.5) is 13.2 Å². The van der Waals surface area contributed by atoms with E-state index in [2.05, 4.69) is 6.92 Å². The van der Waals surface area contributed by atoms with Crippen LogP contribution in [0.5, 0.6) is 0 Å². The Labute approximate surface area is 178 Å². The first-order valence-electron chi connectivity index (χ1n) is 11.4. The topological polar surface area (TPSA) is 9.23 Å². The van der Waals surface area contributed by atoms with Gasteiger partial charge < -0.3 is 4.74 Å². The minimum absolute atomic E-state index is 0.101. The largest absolute Gasteiger partial charge is 0.378 e. The highest BCUT2D eigenvalue weighted by atomic mass is 19.2. The molecule has 1 saturated heterocycles. The first-order chi connectivity index (χ1) is 14.5. The molecule has 0 aromatic heterocycles. The van der Waals surface area contributed by atoms with Crippen LogP contribution < -0.4 is 0 Å². The molecule has 2 atom stereocenters. The van der Waals surface area contributed by atoms with E-state index in [-0.39, 0.29) is 23.4 Å². The third-order valence-corrected chi connectivity index (χ3v) is 6.19. The van der Waals surface area contributed by atoms with Gasteiger partial charge in [0.15, 0.2) is 11.6 Å². The summed E-state index contributed by atoms with van der Waals surface area (Å²) in [5, 5.41) is 0. The molecule has 4 heteroatoms. The number of benzene rings is 2. The van der Waals surface area contributed by atoms with E-state index in [1.807, 2.05) is 6.92 Å². The summed E-state index contributed by atoms with van der Waals surface area (Å²) in [6, 6.07) is 7.84. The van der Waals surface area contributed by atoms with E-state index >= 15 is 0 Å². The van der Waals surface area contributed by atoms with Crippen molar-refractivity contribution in [1.29, 1.82) is 0 Å². The van der Waals surface area contributed by atoms with Gasteiger partial charge in [0.25, 0.3) is 0 Å². The van der Waals surface area contributed by atoms with Gasteiger partial charge in [-0.05, 0) is 48.4 Å². The molecule has 1 heterocycles. The van der Waals surface area contributed by atoms with Crippen LogP contribution in [0, 0.1) is 17.5 Å². The van der Waals surface area contributed by atoms with E-state index in [0.717, 1.165) is 32.1 Å². The number of halogens is 3. The molecule has 2 unspecified atom stereocenters. The van der Waals surface area contributed by atoms with Gasteiger partial charge in [-0.15, -0.1) is 0 Å². The van der Waals surface area contributed by atoms with Crippen LogP contribution in [-0.2, 0) is 11.2 Å². The lowest BCUT2D eigenvalue weighted by atomic mass is 9.88. The maximum Gasteiger partial charge on any atom is 0.166 e. The predicted molar refractivity (Wildman–Crippen MR) is 116 cm³/mol. The Bertz CT molecular complexity index is 825. The Hall–Kier alpha value is -1.81. The van der Waals surface area contributed by atoms with Crippen molar-refractivity contribution in [2.24, 2.45) is 0 Å². The Morgan fingerprint density at radius 1 is 0.900 bits per heavy atom. The standard InChI is InChI=1S/C26H33F3O/c1-3-5-6-7-9-21-13-12-20(17-30-21)23-15-14-22(25(28)26(23)29)19-11-10-18(8-4-2)24(27)16-19/h10-11,14-16,20-21H,3-9,12-13,17H2,1-2H3. The number of ether oxygens (including phenoxy) is 1. The summed E-state index contributed by atoms with van der Waals surface area (Å²) in [5.41, 5.74) is 1.43. The first kappa shape index (κ1) is 22.9. The minimum atomic E-state index is -0.906. The Morgan fingerprint density at radius 3 is 2.40 bits per heavy atom. The van der Waals surface area contributed by atoms with Crippen molar-refractivity contribution in [1.82, 2.24) is 0 Å². The lowest BCUT2D eigenvalue weighted by molar-refractivity contribution is -0.00282. The maximum atomic E-state index is 14.9. The average Bonchev–Trinajstić information content (AvgIpc) is 2.75. The Balaban J connectivity index is 1.68. The molecule has 1 aliphatic heterocycles. The second-order valence-electron chi connectivity index (χ2n) is 8.47. The van der Waals surface area contributed by atoms with Crippen molar-refractivity contribution in [3.8, 4) is 11.1 Å². The second-order valence-corrected chi connectivity index (χ2v) is 8.47. The molecule has 0 saturated carbocycles. The zero-order chi connectivity index (χ0) is 21.5. The molecule has 3 rings (SSSR count). The smallest absolute Gasteiger partial charge is 0.166 e. The fourth-order valence-corrected chi connectivity index (χ4v) is 4.37. The van der Waals surface area contributed by atoms with Crippen molar-refractivity contribution in [3.05, 3.63) is 58.9 Å². The van der Waals surface area contributed by atoms with Crippen LogP contribution in [-0.4, -0.2) is 12.7 Å². The van der Waals surface area contributed by atoms with Gasteiger partial charge in [-0.25, -0.2) is 13.2 Å². The van der Waals surface area contributed by atoms with Crippen LogP contribution in [0.25, 0.3) is 11.1 Å². The molecule has 0 amide bonds. The molecule has 0 spiro atoms. The van der Waals surface area contributed by atoms with Gasteiger partial charge in [-0.1, -0.05) is 70.2 Å². The Kier molecular flexibility index (Phi) is 8.38. The number of aryl methyl sites for hydroxylation is 1. The van der Waals surface area contributed by atoms with Gasteiger partial charge in [0, 0.05) is 11.5 Å². The van der Waals surface area contributed by atoms with Crippen molar-refractivity contribution >= 4 is 0 Å². The van der Waals surface area contributed by atoms with E-state index in [0.29, 0.717) is 29.7 Å². The summed E-state index contributed by atoms with van der Waals surface area (Å²) >= 11 is 0. The highest BCUT2D eigenvalue weighted by Crippen LogP contribution is 2.35. The van der Waals surface area contributed by atoms with Gasteiger partial charge in [0.05, 0.1) is 12.7 Å². The minimum Gasteiger partial charge on any atom is -0.378 e. The molecule has 0 bridgehead atoms. The van der Waals surface area contributed by atoms with E-state index < -0.39 is 11.6 Å². The third kappa shape index (κ3) is 5.46. The van der Waals surface area contributed by atoms with E-state index in [1.54, 1.807) is 24.3 Å². The highest BCUT2D eigenvalue weighted by Gasteiger charge is 2.27. The van der Waals surface area contributed by atoms with Gasteiger partial charge in [0.2, 0.25) is 0 Å². The lowest BCUT2D eigenvalue weighted by Gasteiger charge is -2.30. The van der Waals surface area contributed by atoms with Crippen LogP contribution in [0.2, 0.25) is 0 Å². The molecule has 2 aromatic carbocycles. The third-order valence-electron chi connectivity index (χ3n) is 6.19. The molecule has 30 heavy (non-hydrogen) atoms. The van der Waals surface area contributed by atoms with Crippen molar-refractivity contribution < 1.29 is 17.9 Å². The predicted octanol–water partition coefficient (Wildman–Crippen LogP) is 7.96. The summed E-state index contributed by atoms with van der Waals surface area (Å²) in [4.78, 5) is 0. The normalized spacial score (nSPS) is 19.2. The zero-order valence-corrected chi connectivity index (χ0v) is 18.2. The highest BCUT2D eigenvalue weighted by molar-refractivity contribution is 5.65. The molecule has 1 nitrogen and oxygen atoms in total. The van der Waals surface area contributed by atoms with Crippen LogP contribution in [0.1, 0.15) is 82.3 Å². The van der Waals surface area contributed by atoms with Gasteiger partial charge in [-0.2, -0.15) is 0 Å². The molecule has 1 aliphatic rings. The van der Waals surface area contributed by atoms with Crippen LogP contribution in [0.3, 0.4) is 0 Å². The van der Waals surface area contributed by atoms with Gasteiger partial charge >= 0.3 is 0 Å². The average molecular weight is 419 g/mol. The summed E-state index contributed by atoms with van der Waals surface area (Å²) in [6.07, 6.45) is 9.26.